The molecular formula is C18H14F2N2O4. The van der Waals surface area contributed by atoms with Crippen molar-refractivity contribution in [2.45, 2.75) is 0 Å². The monoisotopic (exact) mass is 360 g/mol. The van der Waals surface area contributed by atoms with Crippen molar-refractivity contribution in [3.8, 4) is 34.3 Å². The molecule has 0 spiro atoms. The molecule has 0 aliphatic carbocycles. The second kappa shape index (κ2) is 6.83. The summed E-state index contributed by atoms with van der Waals surface area (Å²) < 4.78 is 43.9. The van der Waals surface area contributed by atoms with Gasteiger partial charge in [0.05, 0.1) is 14.2 Å². The third-order valence-corrected chi connectivity index (χ3v) is 3.68. The van der Waals surface area contributed by atoms with Crippen molar-refractivity contribution in [2.75, 3.05) is 14.2 Å². The SMILES string of the molecule is COc1ccc(-c2oc(-c3c(F)cccc3F)nc2C(N)=O)cc1OC. The van der Waals surface area contributed by atoms with Crippen LogP contribution in [0.2, 0.25) is 0 Å². The quantitative estimate of drug-likeness (QED) is 0.753. The molecule has 1 aromatic heterocycles. The van der Waals surface area contributed by atoms with E-state index in [9.17, 15) is 13.6 Å². The lowest BCUT2D eigenvalue weighted by atomic mass is 10.1. The van der Waals surface area contributed by atoms with Crippen molar-refractivity contribution in [1.29, 1.82) is 0 Å². The van der Waals surface area contributed by atoms with Crippen LogP contribution in [0.15, 0.2) is 40.8 Å². The van der Waals surface area contributed by atoms with Gasteiger partial charge >= 0.3 is 0 Å². The van der Waals surface area contributed by atoms with Crippen molar-refractivity contribution in [3.63, 3.8) is 0 Å². The maximum atomic E-state index is 14.0. The van der Waals surface area contributed by atoms with E-state index >= 15 is 0 Å². The molecule has 1 heterocycles. The number of benzene rings is 2. The van der Waals surface area contributed by atoms with E-state index in [2.05, 4.69) is 4.98 Å². The van der Waals surface area contributed by atoms with Gasteiger partial charge in [-0.25, -0.2) is 13.8 Å². The number of hydrogen-bond donors (Lipinski definition) is 1. The topological polar surface area (TPSA) is 87.6 Å². The Morgan fingerprint density at radius 2 is 1.73 bits per heavy atom. The number of nitrogens with two attached hydrogens (primary N) is 1. The predicted molar refractivity (Wildman–Crippen MR) is 88.9 cm³/mol. The molecule has 0 saturated carbocycles. The molecule has 0 fully saturated rings. The molecule has 8 heteroatoms. The molecule has 2 aromatic carbocycles. The second-order valence-corrected chi connectivity index (χ2v) is 5.23. The Labute approximate surface area is 147 Å². The Kier molecular flexibility index (Phi) is 4.57. The second-order valence-electron chi connectivity index (χ2n) is 5.23. The lowest BCUT2D eigenvalue weighted by molar-refractivity contribution is 0.0996. The minimum atomic E-state index is -0.901. The highest BCUT2D eigenvalue weighted by molar-refractivity contribution is 5.97. The van der Waals surface area contributed by atoms with Gasteiger partial charge in [0, 0.05) is 5.56 Å². The Hall–Kier alpha value is -3.42. The zero-order valence-electron chi connectivity index (χ0n) is 13.9. The van der Waals surface area contributed by atoms with E-state index in [1.165, 1.54) is 26.4 Å². The summed E-state index contributed by atoms with van der Waals surface area (Å²) in [4.78, 5) is 15.6. The average molecular weight is 360 g/mol. The number of nitrogens with zero attached hydrogens (tertiary/aromatic N) is 1. The number of oxazole rings is 1. The van der Waals surface area contributed by atoms with Crippen LogP contribution >= 0.6 is 0 Å². The Morgan fingerprint density at radius 3 is 2.31 bits per heavy atom. The van der Waals surface area contributed by atoms with Crippen LogP contribution < -0.4 is 15.2 Å². The van der Waals surface area contributed by atoms with Gasteiger partial charge < -0.3 is 19.6 Å². The number of carbonyl (C=O) groups excluding carboxylic acids is 1. The van der Waals surface area contributed by atoms with E-state index < -0.39 is 23.1 Å². The molecule has 6 nitrogen and oxygen atoms in total. The van der Waals surface area contributed by atoms with Crippen molar-refractivity contribution in [1.82, 2.24) is 4.98 Å². The van der Waals surface area contributed by atoms with Crippen LogP contribution in [0, 0.1) is 11.6 Å². The molecule has 3 rings (SSSR count). The van der Waals surface area contributed by atoms with Gasteiger partial charge in [0.1, 0.15) is 17.2 Å². The van der Waals surface area contributed by atoms with Gasteiger partial charge in [-0.05, 0) is 30.3 Å². The van der Waals surface area contributed by atoms with Crippen LogP contribution in [-0.4, -0.2) is 25.1 Å². The molecule has 0 aliphatic heterocycles. The molecule has 1 amide bonds. The minimum absolute atomic E-state index is 0.0314. The van der Waals surface area contributed by atoms with E-state index in [-0.39, 0.29) is 17.3 Å². The lowest BCUT2D eigenvalue weighted by Gasteiger charge is -2.08. The number of carbonyl (C=O) groups is 1. The van der Waals surface area contributed by atoms with Crippen molar-refractivity contribution in [2.24, 2.45) is 5.73 Å². The summed E-state index contributed by atoms with van der Waals surface area (Å²) >= 11 is 0. The number of aromatic nitrogens is 1. The van der Waals surface area contributed by atoms with Crippen LogP contribution in [0.25, 0.3) is 22.8 Å². The molecule has 0 aliphatic rings. The number of ether oxygens (including phenoxy) is 2. The summed E-state index contributed by atoms with van der Waals surface area (Å²) in [5.41, 5.74) is 4.98. The molecule has 3 aromatic rings. The lowest BCUT2D eigenvalue weighted by Crippen LogP contribution is -2.12. The molecule has 0 unspecified atom stereocenters. The predicted octanol–water partition coefficient (Wildman–Crippen LogP) is 3.40. The van der Waals surface area contributed by atoms with Crippen molar-refractivity contribution >= 4 is 5.91 Å². The van der Waals surface area contributed by atoms with Crippen LogP contribution in [0.3, 0.4) is 0 Å². The highest BCUT2D eigenvalue weighted by atomic mass is 19.1. The van der Waals surface area contributed by atoms with Crippen LogP contribution in [0.1, 0.15) is 10.5 Å². The van der Waals surface area contributed by atoms with Gasteiger partial charge in [0.25, 0.3) is 5.91 Å². The average Bonchev–Trinajstić information content (AvgIpc) is 3.06. The third kappa shape index (κ3) is 2.97. The number of halogens is 2. The van der Waals surface area contributed by atoms with E-state index in [4.69, 9.17) is 19.6 Å². The normalized spacial score (nSPS) is 10.6. The maximum absolute atomic E-state index is 14.0. The molecule has 2 N–H and O–H groups in total. The summed E-state index contributed by atoms with van der Waals surface area (Å²) in [6, 6.07) is 8.03. The largest absolute Gasteiger partial charge is 0.493 e. The van der Waals surface area contributed by atoms with Crippen molar-refractivity contribution in [3.05, 3.63) is 53.7 Å². The molecular weight excluding hydrogens is 346 g/mol. The molecule has 0 bridgehead atoms. The van der Waals surface area contributed by atoms with Gasteiger partial charge in [0.2, 0.25) is 5.89 Å². The fraction of sp³-hybridized carbons (Fsp3) is 0.111. The highest BCUT2D eigenvalue weighted by Gasteiger charge is 2.24. The maximum Gasteiger partial charge on any atom is 0.271 e. The van der Waals surface area contributed by atoms with Gasteiger partial charge in [-0.1, -0.05) is 6.07 Å². The van der Waals surface area contributed by atoms with E-state index in [1.54, 1.807) is 12.1 Å². The summed E-state index contributed by atoms with van der Waals surface area (Å²) in [6.45, 7) is 0. The molecule has 26 heavy (non-hydrogen) atoms. The summed E-state index contributed by atoms with van der Waals surface area (Å²) in [7, 11) is 2.91. The standard InChI is InChI=1S/C18H14F2N2O4/c1-24-12-7-6-9(8-13(12)25-2)16-15(17(21)23)22-18(26-16)14-10(19)4-3-5-11(14)20/h3-8H,1-2H3,(H2,21,23). The van der Waals surface area contributed by atoms with Gasteiger partial charge in [-0.2, -0.15) is 0 Å². The minimum Gasteiger partial charge on any atom is -0.493 e. The zero-order chi connectivity index (χ0) is 18.8. The number of rotatable bonds is 5. The first-order valence-electron chi connectivity index (χ1n) is 7.43. The first kappa shape index (κ1) is 17.4. The van der Waals surface area contributed by atoms with Crippen LogP contribution in [0.5, 0.6) is 11.5 Å². The first-order chi connectivity index (χ1) is 12.5. The van der Waals surface area contributed by atoms with Gasteiger partial charge in [-0.3, -0.25) is 4.79 Å². The van der Waals surface area contributed by atoms with E-state index in [0.29, 0.717) is 17.1 Å². The van der Waals surface area contributed by atoms with Crippen molar-refractivity contribution < 1.29 is 27.5 Å². The highest BCUT2D eigenvalue weighted by Crippen LogP contribution is 2.36. The molecule has 0 radical (unpaired) electrons. The fourth-order valence-electron chi connectivity index (χ4n) is 2.47. The first-order valence-corrected chi connectivity index (χ1v) is 7.43. The van der Waals surface area contributed by atoms with Crippen LogP contribution in [-0.2, 0) is 0 Å². The number of hydrogen-bond acceptors (Lipinski definition) is 5. The van der Waals surface area contributed by atoms with E-state index in [1.807, 2.05) is 0 Å². The molecule has 134 valence electrons. The number of primary amides is 1. The zero-order valence-corrected chi connectivity index (χ0v) is 13.9. The number of amides is 1. The summed E-state index contributed by atoms with van der Waals surface area (Å²) in [6.07, 6.45) is 0. The smallest absolute Gasteiger partial charge is 0.271 e. The Balaban J connectivity index is 2.20. The third-order valence-electron chi connectivity index (χ3n) is 3.68. The summed E-state index contributed by atoms with van der Waals surface area (Å²) in [5, 5.41) is 0. The molecule has 0 atom stereocenters. The van der Waals surface area contributed by atoms with E-state index in [0.717, 1.165) is 12.1 Å². The summed E-state index contributed by atoms with van der Waals surface area (Å²) in [5.74, 6) is -2.24. The number of methoxy groups -OCH3 is 2. The van der Waals surface area contributed by atoms with Crippen LogP contribution in [0.4, 0.5) is 8.78 Å². The molecule has 0 saturated heterocycles. The fourth-order valence-corrected chi connectivity index (χ4v) is 2.47. The Bertz CT molecular complexity index is 965. The Morgan fingerprint density at radius 1 is 1.08 bits per heavy atom. The van der Waals surface area contributed by atoms with Gasteiger partial charge in [-0.15, -0.1) is 0 Å². The van der Waals surface area contributed by atoms with Gasteiger partial charge in [0.15, 0.2) is 23.0 Å².